The first kappa shape index (κ1) is 23.7. The molecule has 1 fully saturated rings. The van der Waals surface area contributed by atoms with Crippen LogP contribution in [0.5, 0.6) is 0 Å². The number of carboxylic acid groups (broad SMARTS) is 1. The van der Waals surface area contributed by atoms with Crippen LogP contribution in [-0.4, -0.2) is 48.2 Å². The highest BCUT2D eigenvalue weighted by Crippen LogP contribution is 2.54. The molecule has 1 saturated carbocycles. The van der Waals surface area contributed by atoms with Crippen molar-refractivity contribution in [3.63, 3.8) is 0 Å². The number of halogens is 2. The van der Waals surface area contributed by atoms with Gasteiger partial charge in [-0.05, 0) is 28.7 Å². The Balaban J connectivity index is 1.27. The molecule has 180 valence electrons. The first-order valence-corrected chi connectivity index (χ1v) is 11.2. The van der Waals surface area contributed by atoms with Crippen molar-refractivity contribution in [1.82, 2.24) is 10.6 Å². The molecule has 0 heterocycles. The number of fused-ring (bicyclic) bond motifs is 3. The van der Waals surface area contributed by atoms with Crippen LogP contribution >= 0.6 is 0 Å². The number of hydrogen-bond acceptors (Lipinski definition) is 4. The number of amides is 2. The van der Waals surface area contributed by atoms with E-state index < -0.39 is 48.3 Å². The highest BCUT2D eigenvalue weighted by Gasteiger charge is 2.72. The lowest BCUT2D eigenvalue weighted by Gasteiger charge is -2.19. The summed E-state index contributed by atoms with van der Waals surface area (Å²) in [6.45, 7) is 1.48. The number of benzene rings is 2. The van der Waals surface area contributed by atoms with Crippen LogP contribution in [0.2, 0.25) is 0 Å². The summed E-state index contributed by atoms with van der Waals surface area (Å²) in [5, 5.41) is 13.8. The lowest BCUT2D eigenvalue weighted by atomic mass is 9.98. The van der Waals surface area contributed by atoms with E-state index in [1.165, 1.54) is 0 Å². The van der Waals surface area contributed by atoms with Gasteiger partial charge in [0.05, 0.1) is 5.92 Å². The van der Waals surface area contributed by atoms with Crippen LogP contribution < -0.4 is 10.6 Å². The number of alkyl carbamates (subject to hydrolysis) is 1. The Morgan fingerprint density at radius 2 is 1.65 bits per heavy atom. The van der Waals surface area contributed by atoms with Crippen molar-refractivity contribution in [3.8, 4) is 11.1 Å². The largest absolute Gasteiger partial charge is 0.481 e. The first-order chi connectivity index (χ1) is 16.2. The van der Waals surface area contributed by atoms with Crippen LogP contribution in [0.3, 0.4) is 0 Å². The molecule has 0 radical (unpaired) electrons. The van der Waals surface area contributed by atoms with Gasteiger partial charge in [0, 0.05) is 24.9 Å². The summed E-state index contributed by atoms with van der Waals surface area (Å²) < 4.78 is 32.4. The Morgan fingerprint density at radius 3 is 2.18 bits per heavy atom. The standard InChI is InChI=1S/C25H26F2N2O5/c1-2-14(11-21(30)28-12-20-22(23(31)32)25(20,26)27)29-24(33)34-13-19-17-9-5-3-7-15(17)16-8-4-6-10-18(16)19/h3-10,14,19-20,22H,2,11-13H2,1H3,(H,28,30)(H,29,33)(H,31,32)/t14-,20-,22-/m1/s1. The van der Waals surface area contributed by atoms with Crippen molar-refractivity contribution in [2.24, 2.45) is 11.8 Å². The molecule has 0 spiro atoms. The number of alkyl halides is 2. The molecule has 0 aliphatic heterocycles. The highest BCUT2D eigenvalue weighted by atomic mass is 19.3. The topological polar surface area (TPSA) is 105 Å². The van der Waals surface area contributed by atoms with E-state index in [0.717, 1.165) is 22.3 Å². The van der Waals surface area contributed by atoms with Crippen LogP contribution in [0.25, 0.3) is 11.1 Å². The Kier molecular flexibility index (Phi) is 6.54. The zero-order valence-corrected chi connectivity index (χ0v) is 18.6. The maximum atomic E-state index is 13.5. The van der Waals surface area contributed by atoms with Gasteiger partial charge in [0.1, 0.15) is 12.5 Å². The molecule has 34 heavy (non-hydrogen) atoms. The van der Waals surface area contributed by atoms with Gasteiger partial charge in [0.15, 0.2) is 0 Å². The summed E-state index contributed by atoms with van der Waals surface area (Å²) >= 11 is 0. The second-order valence-corrected chi connectivity index (χ2v) is 8.68. The van der Waals surface area contributed by atoms with Crippen molar-refractivity contribution >= 4 is 18.0 Å². The number of aliphatic carboxylic acids is 1. The molecule has 0 saturated heterocycles. The number of carboxylic acids is 1. The lowest BCUT2D eigenvalue weighted by molar-refractivity contribution is -0.141. The van der Waals surface area contributed by atoms with E-state index in [0.29, 0.717) is 6.42 Å². The molecule has 2 amide bonds. The van der Waals surface area contributed by atoms with Crippen molar-refractivity contribution in [2.45, 2.75) is 37.6 Å². The average molecular weight is 472 g/mol. The minimum absolute atomic E-state index is 0.0936. The molecule has 9 heteroatoms. The molecule has 3 N–H and O–H groups in total. The fraction of sp³-hybridized carbons (Fsp3) is 0.400. The van der Waals surface area contributed by atoms with Gasteiger partial charge in [-0.1, -0.05) is 55.5 Å². The van der Waals surface area contributed by atoms with E-state index >= 15 is 0 Å². The zero-order valence-electron chi connectivity index (χ0n) is 18.6. The van der Waals surface area contributed by atoms with Gasteiger partial charge < -0.3 is 20.5 Å². The Morgan fingerprint density at radius 1 is 1.06 bits per heavy atom. The molecule has 4 rings (SSSR count). The lowest BCUT2D eigenvalue weighted by Crippen LogP contribution is -2.40. The number of carbonyl (C=O) groups excluding carboxylic acids is 2. The maximum Gasteiger partial charge on any atom is 0.407 e. The molecule has 2 aromatic rings. The number of ether oxygens (including phenoxy) is 1. The number of hydrogen-bond donors (Lipinski definition) is 3. The van der Waals surface area contributed by atoms with Crippen LogP contribution in [0.15, 0.2) is 48.5 Å². The van der Waals surface area contributed by atoms with Crippen LogP contribution in [-0.2, 0) is 14.3 Å². The Labute approximate surface area is 195 Å². The first-order valence-electron chi connectivity index (χ1n) is 11.2. The molecular formula is C25H26F2N2O5. The third-order valence-electron chi connectivity index (χ3n) is 6.58. The van der Waals surface area contributed by atoms with Crippen molar-refractivity contribution in [1.29, 1.82) is 0 Å². The monoisotopic (exact) mass is 472 g/mol. The summed E-state index contributed by atoms with van der Waals surface area (Å²) in [6.07, 6.45) is -0.368. The molecule has 2 aliphatic rings. The smallest absolute Gasteiger partial charge is 0.407 e. The van der Waals surface area contributed by atoms with E-state index in [2.05, 4.69) is 10.6 Å². The average Bonchev–Trinajstić information content (AvgIpc) is 3.23. The van der Waals surface area contributed by atoms with Crippen LogP contribution in [0, 0.1) is 11.8 Å². The normalized spacial score (nSPS) is 20.6. The minimum atomic E-state index is -3.32. The van der Waals surface area contributed by atoms with E-state index in [1.807, 2.05) is 48.5 Å². The van der Waals surface area contributed by atoms with Gasteiger partial charge in [0.2, 0.25) is 5.91 Å². The third kappa shape index (κ3) is 4.60. The second kappa shape index (κ2) is 9.40. The van der Waals surface area contributed by atoms with E-state index in [4.69, 9.17) is 9.84 Å². The highest BCUT2D eigenvalue weighted by molar-refractivity contribution is 5.80. The zero-order chi connectivity index (χ0) is 24.5. The quantitative estimate of drug-likeness (QED) is 0.515. The Hall–Kier alpha value is -3.49. The van der Waals surface area contributed by atoms with Gasteiger partial charge in [-0.2, -0.15) is 0 Å². The molecular weight excluding hydrogens is 446 g/mol. The van der Waals surface area contributed by atoms with Gasteiger partial charge in [-0.25, -0.2) is 13.6 Å². The van der Waals surface area contributed by atoms with Crippen LogP contribution in [0.4, 0.5) is 13.6 Å². The van der Waals surface area contributed by atoms with Gasteiger partial charge in [-0.3, -0.25) is 9.59 Å². The van der Waals surface area contributed by atoms with Crippen molar-refractivity contribution in [3.05, 3.63) is 59.7 Å². The summed E-state index contributed by atoms with van der Waals surface area (Å²) in [4.78, 5) is 35.4. The SMILES string of the molecule is CC[C@H](CC(=O)NC[C@@H]1[C@H](C(=O)O)C1(F)F)NC(=O)OCC1c2ccccc2-c2ccccc21. The predicted molar refractivity (Wildman–Crippen MR) is 119 cm³/mol. The van der Waals surface area contributed by atoms with Crippen molar-refractivity contribution < 1.29 is 33.0 Å². The minimum Gasteiger partial charge on any atom is -0.481 e. The molecule has 2 aliphatic carbocycles. The molecule has 0 bridgehead atoms. The second-order valence-electron chi connectivity index (χ2n) is 8.68. The molecule has 7 nitrogen and oxygen atoms in total. The Bertz CT molecular complexity index is 1060. The third-order valence-corrected chi connectivity index (χ3v) is 6.58. The van der Waals surface area contributed by atoms with Gasteiger partial charge >= 0.3 is 12.1 Å². The van der Waals surface area contributed by atoms with Crippen molar-refractivity contribution in [2.75, 3.05) is 13.2 Å². The number of rotatable bonds is 9. The summed E-state index contributed by atoms with van der Waals surface area (Å²) in [6, 6.07) is 15.4. The molecule has 2 aromatic carbocycles. The summed E-state index contributed by atoms with van der Waals surface area (Å²) in [5.41, 5.74) is 4.39. The fourth-order valence-corrected chi connectivity index (χ4v) is 4.60. The van der Waals surface area contributed by atoms with Gasteiger partial charge in [0.25, 0.3) is 5.92 Å². The summed E-state index contributed by atoms with van der Waals surface area (Å²) in [7, 11) is 0. The summed E-state index contributed by atoms with van der Waals surface area (Å²) in [5.74, 6) is -8.71. The van der Waals surface area contributed by atoms with E-state index in [1.54, 1.807) is 6.92 Å². The van der Waals surface area contributed by atoms with E-state index in [-0.39, 0.29) is 18.9 Å². The fourth-order valence-electron chi connectivity index (χ4n) is 4.60. The van der Waals surface area contributed by atoms with Crippen LogP contribution in [0.1, 0.15) is 36.8 Å². The molecule has 0 unspecified atom stereocenters. The van der Waals surface area contributed by atoms with E-state index in [9.17, 15) is 23.2 Å². The van der Waals surface area contributed by atoms with Gasteiger partial charge in [-0.15, -0.1) is 0 Å². The maximum absolute atomic E-state index is 13.5. The predicted octanol–water partition coefficient (Wildman–Crippen LogP) is 3.78. The molecule has 0 aromatic heterocycles. The number of carbonyl (C=O) groups is 3. The number of nitrogens with one attached hydrogen (secondary N) is 2. The molecule has 3 atom stereocenters.